The summed E-state index contributed by atoms with van der Waals surface area (Å²) in [6.07, 6.45) is 2.70. The summed E-state index contributed by atoms with van der Waals surface area (Å²) >= 11 is 0. The van der Waals surface area contributed by atoms with Crippen molar-refractivity contribution in [2.75, 3.05) is 36.2 Å². The zero-order valence-electron chi connectivity index (χ0n) is 24.3. The first kappa shape index (κ1) is 29.0. The number of ether oxygens (including phenoxy) is 1. The van der Waals surface area contributed by atoms with Gasteiger partial charge < -0.3 is 35.9 Å². The molecule has 0 atom stereocenters. The molecule has 0 aliphatic carbocycles. The Morgan fingerprint density at radius 2 is 1.64 bits per heavy atom. The van der Waals surface area contributed by atoms with Crippen molar-refractivity contribution in [3.63, 3.8) is 0 Å². The number of aromatic nitrogens is 3. The molecule has 3 heterocycles. The number of aromatic amines is 1. The van der Waals surface area contributed by atoms with Crippen LogP contribution in [0.25, 0.3) is 11.0 Å². The lowest BCUT2D eigenvalue weighted by molar-refractivity contribution is -0.118. The van der Waals surface area contributed by atoms with Crippen molar-refractivity contribution in [1.29, 1.82) is 0 Å². The van der Waals surface area contributed by atoms with Crippen molar-refractivity contribution < 1.29 is 19.1 Å². The molecule has 1 aliphatic heterocycles. The molecule has 0 bridgehead atoms. The van der Waals surface area contributed by atoms with Gasteiger partial charge in [0.2, 0.25) is 0 Å². The molecule has 0 saturated heterocycles. The molecular weight excluding hydrogens is 580 g/mol. The van der Waals surface area contributed by atoms with E-state index >= 15 is 0 Å². The summed E-state index contributed by atoms with van der Waals surface area (Å²) in [5, 5.41) is 11.4. The molecule has 14 nitrogen and oxygen atoms in total. The summed E-state index contributed by atoms with van der Waals surface area (Å²) in [6, 6.07) is 12.7. The van der Waals surface area contributed by atoms with E-state index in [1.807, 2.05) is 24.3 Å². The fourth-order valence-corrected chi connectivity index (χ4v) is 5.08. The van der Waals surface area contributed by atoms with Gasteiger partial charge in [0.05, 0.1) is 16.8 Å². The van der Waals surface area contributed by atoms with Crippen molar-refractivity contribution in [3.8, 4) is 5.75 Å². The van der Waals surface area contributed by atoms with Crippen LogP contribution in [0.1, 0.15) is 37.5 Å². The summed E-state index contributed by atoms with van der Waals surface area (Å²) in [4.78, 5) is 74.4. The first-order chi connectivity index (χ1) is 21.7. The minimum Gasteiger partial charge on any atom is -0.482 e. The van der Waals surface area contributed by atoms with Crippen molar-refractivity contribution >= 4 is 45.8 Å². The summed E-state index contributed by atoms with van der Waals surface area (Å²) in [7, 11) is 3.41. The van der Waals surface area contributed by atoms with Crippen LogP contribution in [0.4, 0.5) is 17.1 Å². The highest BCUT2D eigenvalue weighted by Crippen LogP contribution is 2.28. The number of amides is 3. The topological polar surface area (TPSA) is 188 Å². The van der Waals surface area contributed by atoms with Gasteiger partial charge in [-0.1, -0.05) is 30.3 Å². The second kappa shape index (κ2) is 11.9. The van der Waals surface area contributed by atoms with Gasteiger partial charge in [0.15, 0.2) is 12.3 Å². The van der Waals surface area contributed by atoms with Crippen molar-refractivity contribution in [2.24, 2.45) is 0 Å². The summed E-state index contributed by atoms with van der Waals surface area (Å²) in [5.41, 5.74) is 3.50. The van der Waals surface area contributed by atoms with Gasteiger partial charge >= 0.3 is 0 Å². The highest BCUT2D eigenvalue weighted by molar-refractivity contribution is 6.10. The summed E-state index contributed by atoms with van der Waals surface area (Å²) < 4.78 is 5.36. The molecule has 45 heavy (non-hydrogen) atoms. The molecule has 0 spiro atoms. The molecule has 14 heteroatoms. The highest BCUT2D eigenvalue weighted by Gasteiger charge is 2.23. The normalized spacial score (nSPS) is 12.3. The maximum Gasteiger partial charge on any atom is 0.272 e. The number of hydrogen-bond acceptors (Lipinski definition) is 10. The van der Waals surface area contributed by atoms with Gasteiger partial charge in [0.25, 0.3) is 28.6 Å². The van der Waals surface area contributed by atoms with E-state index in [9.17, 15) is 24.0 Å². The number of hydrogen-bond donors (Lipinski definition) is 5. The number of carbonyl (C=O) groups is 3. The Labute approximate surface area is 255 Å². The minimum atomic E-state index is -0.536. The molecule has 2 aromatic heterocycles. The summed E-state index contributed by atoms with van der Waals surface area (Å²) in [6.45, 7) is 0.667. The van der Waals surface area contributed by atoms with Crippen molar-refractivity contribution in [2.45, 2.75) is 19.6 Å². The number of nitrogens with one attached hydrogen (secondary N) is 5. The predicted octanol–water partition coefficient (Wildman–Crippen LogP) is 1.42. The van der Waals surface area contributed by atoms with Gasteiger partial charge in [-0.3, -0.25) is 24.0 Å². The zero-order valence-corrected chi connectivity index (χ0v) is 24.3. The van der Waals surface area contributed by atoms with Crippen LogP contribution in [0, 0.1) is 0 Å². The lowest BCUT2D eigenvalue weighted by Gasteiger charge is -2.19. The van der Waals surface area contributed by atoms with Crippen LogP contribution in [0.15, 0.2) is 64.6 Å². The second-order valence-corrected chi connectivity index (χ2v) is 10.6. The maximum atomic E-state index is 13.1. The van der Waals surface area contributed by atoms with E-state index < -0.39 is 22.7 Å². The molecule has 228 valence electrons. The standard InChI is InChI=1S/C31H28N8O6/c1-39(2)27-26(28(41)29(27)42)32-10-16-4-3-5-17(8-16)11-34-30(43)19-13-33-24-23(19)36-15-37-25(24)31(44)35-12-18-6-7-21-20(9-18)38-22(40)14-45-21/h3-9,13,15,32-33H,10-12,14H2,1-2H3,(H,34,43)(H,35,44)(H,38,40). The van der Waals surface area contributed by atoms with Crippen LogP contribution in [0.2, 0.25) is 0 Å². The van der Waals surface area contributed by atoms with Crippen LogP contribution in [0.3, 0.4) is 0 Å². The fraction of sp³-hybridized carbons (Fsp3) is 0.194. The Morgan fingerprint density at radius 3 is 2.42 bits per heavy atom. The Hall–Kier alpha value is -6.05. The van der Waals surface area contributed by atoms with Gasteiger partial charge in [0.1, 0.15) is 29.0 Å². The molecule has 3 amide bonds. The average molecular weight is 609 g/mol. The molecule has 0 saturated carbocycles. The van der Waals surface area contributed by atoms with Crippen LogP contribution in [-0.2, 0) is 24.4 Å². The van der Waals surface area contributed by atoms with E-state index in [-0.39, 0.29) is 36.9 Å². The Morgan fingerprint density at radius 1 is 0.911 bits per heavy atom. The lowest BCUT2D eigenvalue weighted by atomic mass is 10.1. The third-order valence-corrected chi connectivity index (χ3v) is 7.30. The monoisotopic (exact) mass is 608 g/mol. The molecule has 3 aromatic carbocycles. The van der Waals surface area contributed by atoms with Gasteiger partial charge in [0, 0.05) is 39.9 Å². The van der Waals surface area contributed by atoms with Gasteiger partial charge in [-0.05, 0) is 28.8 Å². The third kappa shape index (κ3) is 5.80. The van der Waals surface area contributed by atoms with E-state index in [0.29, 0.717) is 40.4 Å². The number of rotatable bonds is 10. The van der Waals surface area contributed by atoms with Crippen LogP contribution in [0.5, 0.6) is 5.75 Å². The Balaban J connectivity index is 1.08. The largest absolute Gasteiger partial charge is 0.482 e. The highest BCUT2D eigenvalue weighted by atomic mass is 16.5. The molecule has 0 unspecified atom stereocenters. The predicted molar refractivity (Wildman–Crippen MR) is 166 cm³/mol. The number of benzene rings is 2. The first-order valence-electron chi connectivity index (χ1n) is 14.0. The Kier molecular flexibility index (Phi) is 7.69. The zero-order chi connectivity index (χ0) is 31.7. The van der Waals surface area contributed by atoms with E-state index in [2.05, 4.69) is 36.2 Å². The SMILES string of the molecule is CN(C)c1c(NCc2cccc(CNC(=O)c3c[nH]c4c(C(=O)NCc5ccc6c(c5)NC(=O)CO6)ncnc34)c2)c(=O)c1=O. The Bertz CT molecular complexity index is 2040. The molecule has 5 aromatic rings. The first-order valence-corrected chi connectivity index (χ1v) is 14.0. The summed E-state index contributed by atoms with van der Waals surface area (Å²) in [5.74, 6) is -0.561. The number of H-pyrrole nitrogens is 1. The quantitative estimate of drug-likeness (QED) is 0.145. The molecular formula is C31H28N8O6. The molecule has 0 radical (unpaired) electrons. The number of nitrogens with zero attached hydrogens (tertiary/aromatic N) is 3. The van der Waals surface area contributed by atoms with E-state index in [4.69, 9.17) is 4.74 Å². The number of anilines is 3. The third-order valence-electron chi connectivity index (χ3n) is 7.30. The van der Waals surface area contributed by atoms with Gasteiger partial charge in [-0.25, -0.2) is 9.97 Å². The molecule has 0 fully saturated rings. The van der Waals surface area contributed by atoms with Crippen LogP contribution in [-0.4, -0.2) is 53.4 Å². The van der Waals surface area contributed by atoms with Crippen molar-refractivity contribution in [1.82, 2.24) is 25.6 Å². The lowest BCUT2D eigenvalue weighted by Crippen LogP contribution is -2.39. The van der Waals surface area contributed by atoms with Crippen LogP contribution < -0.4 is 41.8 Å². The molecule has 5 N–H and O–H groups in total. The molecule has 6 rings (SSSR count). The second-order valence-electron chi connectivity index (χ2n) is 10.6. The molecule has 1 aliphatic rings. The van der Waals surface area contributed by atoms with Gasteiger partial charge in [-0.15, -0.1) is 0 Å². The number of carbonyl (C=O) groups excluding carboxylic acids is 3. The van der Waals surface area contributed by atoms with E-state index in [1.54, 1.807) is 37.2 Å². The van der Waals surface area contributed by atoms with E-state index in [1.165, 1.54) is 12.5 Å². The fourth-order valence-electron chi connectivity index (χ4n) is 5.08. The van der Waals surface area contributed by atoms with Crippen LogP contribution >= 0.6 is 0 Å². The van der Waals surface area contributed by atoms with Crippen molar-refractivity contribution in [3.05, 3.63) is 103 Å². The minimum absolute atomic E-state index is 0.0421. The smallest absolute Gasteiger partial charge is 0.272 e. The number of fused-ring (bicyclic) bond motifs is 2. The average Bonchev–Trinajstić information content (AvgIpc) is 3.48. The van der Waals surface area contributed by atoms with Gasteiger partial charge in [-0.2, -0.15) is 0 Å². The van der Waals surface area contributed by atoms with E-state index in [0.717, 1.165) is 16.7 Å². The maximum absolute atomic E-state index is 13.1.